The van der Waals surface area contributed by atoms with E-state index in [0.717, 1.165) is 18.7 Å². The van der Waals surface area contributed by atoms with Crippen LogP contribution in [0.1, 0.15) is 23.4 Å². The molecule has 0 aliphatic carbocycles. The molecule has 0 spiro atoms. The molecule has 3 heterocycles. The Hall–Kier alpha value is -1.44. The van der Waals surface area contributed by atoms with E-state index in [0.29, 0.717) is 30.1 Å². The molecule has 8 heteroatoms. The van der Waals surface area contributed by atoms with Gasteiger partial charge in [0.2, 0.25) is 11.8 Å². The Kier molecular flexibility index (Phi) is 3.73. The fourth-order valence-corrected chi connectivity index (χ4v) is 2.52. The van der Waals surface area contributed by atoms with Gasteiger partial charge in [0.1, 0.15) is 6.10 Å². The molecule has 0 radical (unpaired) electrons. The van der Waals surface area contributed by atoms with Crippen LogP contribution in [0.2, 0.25) is 5.15 Å². The molecule has 0 saturated carbocycles. The maximum atomic E-state index is 6.09. The van der Waals surface area contributed by atoms with Crippen molar-refractivity contribution >= 4 is 11.6 Å². The highest BCUT2D eigenvalue weighted by Gasteiger charge is 2.26. The van der Waals surface area contributed by atoms with Gasteiger partial charge in [-0.05, 0) is 0 Å². The summed E-state index contributed by atoms with van der Waals surface area (Å²) in [5.41, 5.74) is 1.01. The highest BCUT2D eigenvalue weighted by atomic mass is 35.5. The van der Waals surface area contributed by atoms with E-state index in [1.165, 1.54) is 0 Å². The van der Waals surface area contributed by atoms with E-state index in [4.69, 9.17) is 20.8 Å². The van der Waals surface area contributed by atoms with Crippen LogP contribution < -0.4 is 0 Å². The van der Waals surface area contributed by atoms with Crippen LogP contribution in [0.15, 0.2) is 10.6 Å². The molecule has 1 fully saturated rings. The summed E-state index contributed by atoms with van der Waals surface area (Å²) in [5, 5.41) is 12.5. The summed E-state index contributed by atoms with van der Waals surface area (Å²) in [6.45, 7) is 4.68. The molecule has 0 bridgehead atoms. The summed E-state index contributed by atoms with van der Waals surface area (Å²) in [7, 11) is 1.86. The minimum absolute atomic E-state index is 0.180. The highest BCUT2D eigenvalue weighted by Crippen LogP contribution is 2.23. The van der Waals surface area contributed by atoms with Gasteiger partial charge >= 0.3 is 0 Å². The Balaban J connectivity index is 1.67. The van der Waals surface area contributed by atoms with E-state index in [1.807, 2.05) is 13.2 Å². The number of aromatic nitrogens is 4. The molecular formula is C12H16ClN5O2. The Bertz CT molecular complexity index is 596. The van der Waals surface area contributed by atoms with Gasteiger partial charge < -0.3 is 9.15 Å². The lowest BCUT2D eigenvalue weighted by Crippen LogP contribution is -2.37. The van der Waals surface area contributed by atoms with Gasteiger partial charge in [0.15, 0.2) is 5.15 Å². The molecule has 1 atom stereocenters. The van der Waals surface area contributed by atoms with Crippen molar-refractivity contribution in [2.45, 2.75) is 19.6 Å². The molecule has 0 N–H and O–H groups in total. The molecule has 2 aromatic rings. The Morgan fingerprint density at radius 1 is 1.45 bits per heavy atom. The Morgan fingerprint density at radius 2 is 2.30 bits per heavy atom. The third kappa shape index (κ3) is 2.84. The zero-order valence-corrected chi connectivity index (χ0v) is 12.2. The quantitative estimate of drug-likeness (QED) is 0.851. The smallest absolute Gasteiger partial charge is 0.246 e. The monoisotopic (exact) mass is 297 g/mol. The summed E-state index contributed by atoms with van der Waals surface area (Å²) in [6.07, 6.45) is 1.75. The summed E-state index contributed by atoms with van der Waals surface area (Å²) in [5.74, 6) is 1.08. The van der Waals surface area contributed by atoms with Crippen molar-refractivity contribution in [1.82, 2.24) is 24.9 Å². The van der Waals surface area contributed by atoms with Gasteiger partial charge in [0, 0.05) is 45.4 Å². The van der Waals surface area contributed by atoms with Gasteiger partial charge in [-0.2, -0.15) is 5.10 Å². The van der Waals surface area contributed by atoms with Crippen LogP contribution in [-0.4, -0.2) is 44.6 Å². The van der Waals surface area contributed by atoms with Crippen LogP contribution in [0.3, 0.4) is 0 Å². The summed E-state index contributed by atoms with van der Waals surface area (Å²) >= 11 is 6.09. The van der Waals surface area contributed by atoms with Gasteiger partial charge in [0.25, 0.3) is 0 Å². The fourth-order valence-electron chi connectivity index (χ4n) is 2.29. The average Bonchev–Trinajstić information content (AvgIpc) is 2.97. The molecule has 108 valence electrons. The topological polar surface area (TPSA) is 69.2 Å². The number of ether oxygens (including phenoxy) is 1. The van der Waals surface area contributed by atoms with E-state index in [-0.39, 0.29) is 6.10 Å². The summed E-state index contributed by atoms with van der Waals surface area (Å²) < 4.78 is 12.8. The van der Waals surface area contributed by atoms with Crippen LogP contribution in [0.5, 0.6) is 0 Å². The van der Waals surface area contributed by atoms with Gasteiger partial charge in [0.05, 0.1) is 6.61 Å². The number of hydrogen-bond donors (Lipinski definition) is 0. The average molecular weight is 298 g/mol. The lowest BCUT2D eigenvalue weighted by molar-refractivity contribution is -0.0457. The first-order valence-corrected chi connectivity index (χ1v) is 6.81. The molecule has 2 aromatic heterocycles. The maximum Gasteiger partial charge on any atom is 0.246 e. The normalized spacial score (nSPS) is 20.4. The molecule has 1 aliphatic rings. The van der Waals surface area contributed by atoms with E-state index >= 15 is 0 Å². The Morgan fingerprint density at radius 3 is 2.95 bits per heavy atom. The minimum Gasteiger partial charge on any atom is -0.423 e. The van der Waals surface area contributed by atoms with Crippen LogP contribution in [0.25, 0.3) is 0 Å². The van der Waals surface area contributed by atoms with Crippen molar-refractivity contribution < 1.29 is 9.15 Å². The van der Waals surface area contributed by atoms with Crippen molar-refractivity contribution in [3.8, 4) is 0 Å². The minimum atomic E-state index is -0.180. The van der Waals surface area contributed by atoms with Crippen LogP contribution in [0.4, 0.5) is 0 Å². The largest absolute Gasteiger partial charge is 0.423 e. The predicted octanol–water partition coefficient (Wildman–Crippen LogP) is 1.34. The third-order valence-electron chi connectivity index (χ3n) is 3.21. The number of halogens is 1. The first kappa shape index (κ1) is 13.5. The predicted molar refractivity (Wildman–Crippen MR) is 71.2 cm³/mol. The zero-order valence-electron chi connectivity index (χ0n) is 11.4. The lowest BCUT2D eigenvalue weighted by atomic mass is 10.2. The van der Waals surface area contributed by atoms with Crippen molar-refractivity contribution in [2.24, 2.45) is 7.05 Å². The number of hydrogen-bond acceptors (Lipinski definition) is 6. The van der Waals surface area contributed by atoms with Crippen molar-refractivity contribution in [3.63, 3.8) is 0 Å². The van der Waals surface area contributed by atoms with E-state index < -0.39 is 0 Å². The molecule has 1 saturated heterocycles. The van der Waals surface area contributed by atoms with Gasteiger partial charge in [-0.1, -0.05) is 11.6 Å². The van der Waals surface area contributed by atoms with Gasteiger partial charge in [-0.3, -0.25) is 9.58 Å². The molecule has 0 aromatic carbocycles. The molecule has 7 nitrogen and oxygen atoms in total. The third-order valence-corrected chi connectivity index (χ3v) is 3.53. The number of aryl methyl sites for hydroxylation is 2. The summed E-state index contributed by atoms with van der Waals surface area (Å²) in [6, 6.07) is 0. The number of rotatable bonds is 3. The standard InChI is InChI=1S/C12H16ClN5O2/c1-8-14-15-12(20-8)10-7-18(3-4-19-10)6-9-5-17(2)16-11(9)13/h5,10H,3-4,6-7H2,1-2H3. The fraction of sp³-hybridized carbons (Fsp3) is 0.583. The molecule has 1 unspecified atom stereocenters. The van der Waals surface area contributed by atoms with Gasteiger partial charge in [-0.25, -0.2) is 0 Å². The number of nitrogens with zero attached hydrogens (tertiary/aromatic N) is 5. The van der Waals surface area contributed by atoms with Crippen LogP contribution in [0, 0.1) is 6.92 Å². The van der Waals surface area contributed by atoms with Crippen LogP contribution in [-0.2, 0) is 18.3 Å². The van der Waals surface area contributed by atoms with Crippen molar-refractivity contribution in [1.29, 1.82) is 0 Å². The van der Waals surface area contributed by atoms with Gasteiger partial charge in [-0.15, -0.1) is 10.2 Å². The SMILES string of the molecule is Cc1nnc(C2CN(Cc3cn(C)nc3Cl)CCO2)o1. The maximum absolute atomic E-state index is 6.09. The van der Waals surface area contributed by atoms with E-state index in [9.17, 15) is 0 Å². The second-order valence-corrected chi connectivity index (χ2v) is 5.23. The summed E-state index contributed by atoms with van der Waals surface area (Å²) in [4.78, 5) is 2.25. The number of morpholine rings is 1. The zero-order chi connectivity index (χ0) is 14.1. The highest BCUT2D eigenvalue weighted by molar-refractivity contribution is 6.30. The van der Waals surface area contributed by atoms with Crippen molar-refractivity contribution in [3.05, 3.63) is 28.7 Å². The Labute approximate surface area is 121 Å². The first-order chi connectivity index (χ1) is 9.61. The first-order valence-electron chi connectivity index (χ1n) is 6.44. The molecule has 0 amide bonds. The van der Waals surface area contributed by atoms with E-state index in [2.05, 4.69) is 20.2 Å². The van der Waals surface area contributed by atoms with E-state index in [1.54, 1.807) is 11.6 Å². The molecular weight excluding hydrogens is 282 g/mol. The molecule has 1 aliphatic heterocycles. The van der Waals surface area contributed by atoms with Crippen molar-refractivity contribution in [2.75, 3.05) is 19.7 Å². The lowest BCUT2D eigenvalue weighted by Gasteiger charge is -2.30. The second-order valence-electron chi connectivity index (χ2n) is 4.87. The second kappa shape index (κ2) is 5.51. The molecule has 3 rings (SSSR count). The van der Waals surface area contributed by atoms with Crippen LogP contribution >= 0.6 is 11.6 Å². The molecule has 20 heavy (non-hydrogen) atoms.